The van der Waals surface area contributed by atoms with Gasteiger partial charge in [0.05, 0.1) is 6.20 Å². The fourth-order valence-electron chi connectivity index (χ4n) is 4.88. The van der Waals surface area contributed by atoms with E-state index in [1.807, 2.05) is 59.5 Å². The van der Waals surface area contributed by atoms with E-state index in [1.165, 1.54) is 0 Å². The molecule has 2 atom stereocenters. The summed E-state index contributed by atoms with van der Waals surface area (Å²) >= 11 is 0. The number of nitrogens with zero attached hydrogens (tertiary/aromatic N) is 2. The number of carbonyl (C=O) groups excluding carboxylic acids is 2. The van der Waals surface area contributed by atoms with E-state index in [2.05, 4.69) is 5.16 Å². The standard InChI is InChI=1S/C25H24N2O4/c28-24(19-8-6-18(7-9-19)23-12-13-26-31-23)20-14-21-10-11-22(15-20)27(21)25(29)30-16-17-4-2-1-3-5-17/h1-9,12-13,20-22H,10-11,14-16H2. The Morgan fingerprint density at radius 1 is 0.968 bits per heavy atom. The van der Waals surface area contributed by atoms with Crippen molar-refractivity contribution in [2.24, 2.45) is 5.92 Å². The van der Waals surface area contributed by atoms with Crippen LogP contribution in [0.1, 0.15) is 41.6 Å². The summed E-state index contributed by atoms with van der Waals surface area (Å²) in [4.78, 5) is 27.7. The molecular formula is C25H24N2O4. The Labute approximate surface area is 180 Å². The first-order valence-corrected chi connectivity index (χ1v) is 10.7. The molecule has 2 bridgehead atoms. The molecule has 158 valence electrons. The molecule has 0 aliphatic carbocycles. The Morgan fingerprint density at radius 3 is 2.32 bits per heavy atom. The summed E-state index contributed by atoms with van der Waals surface area (Å²) in [6.45, 7) is 0.273. The van der Waals surface area contributed by atoms with E-state index in [1.54, 1.807) is 12.3 Å². The zero-order chi connectivity index (χ0) is 21.2. The Bertz CT molecular complexity index is 1030. The van der Waals surface area contributed by atoms with Gasteiger partial charge in [0.25, 0.3) is 0 Å². The Balaban J connectivity index is 1.22. The fraction of sp³-hybridized carbons (Fsp3) is 0.320. The predicted molar refractivity (Wildman–Crippen MR) is 114 cm³/mol. The third-order valence-electron chi connectivity index (χ3n) is 6.41. The molecular weight excluding hydrogens is 392 g/mol. The quantitative estimate of drug-likeness (QED) is 0.541. The summed E-state index contributed by atoms with van der Waals surface area (Å²) in [6, 6.07) is 19.1. The molecule has 1 amide bonds. The predicted octanol–water partition coefficient (Wildman–Crippen LogP) is 5.10. The second-order valence-corrected chi connectivity index (χ2v) is 8.32. The van der Waals surface area contributed by atoms with Gasteiger partial charge >= 0.3 is 6.09 Å². The van der Waals surface area contributed by atoms with E-state index in [9.17, 15) is 9.59 Å². The van der Waals surface area contributed by atoms with E-state index in [-0.39, 0.29) is 36.5 Å². The third kappa shape index (κ3) is 3.98. The van der Waals surface area contributed by atoms with Gasteiger partial charge in [0.1, 0.15) is 6.61 Å². The van der Waals surface area contributed by atoms with Gasteiger partial charge in [-0.1, -0.05) is 59.8 Å². The van der Waals surface area contributed by atoms with Crippen LogP contribution in [0.15, 0.2) is 71.4 Å². The van der Waals surface area contributed by atoms with Gasteiger partial charge in [0.2, 0.25) is 0 Å². The number of amides is 1. The molecule has 5 rings (SSSR count). The van der Waals surface area contributed by atoms with Crippen molar-refractivity contribution in [1.82, 2.24) is 10.1 Å². The van der Waals surface area contributed by atoms with Crippen molar-refractivity contribution < 1.29 is 18.8 Å². The number of fused-ring (bicyclic) bond motifs is 2. The van der Waals surface area contributed by atoms with Gasteiger partial charge in [-0.15, -0.1) is 0 Å². The largest absolute Gasteiger partial charge is 0.445 e. The summed E-state index contributed by atoms with van der Waals surface area (Å²) in [6.07, 6.45) is 4.58. The average Bonchev–Trinajstić information content (AvgIpc) is 3.44. The number of hydrogen-bond acceptors (Lipinski definition) is 5. The lowest BCUT2D eigenvalue weighted by atomic mass is 9.84. The van der Waals surface area contributed by atoms with Crippen molar-refractivity contribution in [2.75, 3.05) is 0 Å². The molecule has 2 fully saturated rings. The van der Waals surface area contributed by atoms with Crippen molar-refractivity contribution in [3.63, 3.8) is 0 Å². The molecule has 0 spiro atoms. The van der Waals surface area contributed by atoms with Crippen LogP contribution in [0.25, 0.3) is 11.3 Å². The number of hydrogen-bond donors (Lipinski definition) is 0. The van der Waals surface area contributed by atoms with Crippen LogP contribution in [0.5, 0.6) is 0 Å². The highest BCUT2D eigenvalue weighted by atomic mass is 16.6. The van der Waals surface area contributed by atoms with E-state index in [0.29, 0.717) is 24.2 Å². The maximum Gasteiger partial charge on any atom is 0.410 e. The van der Waals surface area contributed by atoms with Crippen LogP contribution in [0.4, 0.5) is 4.79 Å². The molecule has 2 aliphatic rings. The lowest BCUT2D eigenvalue weighted by Crippen LogP contribution is -2.48. The van der Waals surface area contributed by atoms with Gasteiger partial charge in [0, 0.05) is 35.2 Å². The number of carbonyl (C=O) groups is 2. The molecule has 0 N–H and O–H groups in total. The van der Waals surface area contributed by atoms with Gasteiger partial charge < -0.3 is 14.2 Å². The SMILES string of the molecule is O=C(c1ccc(-c2ccno2)cc1)C1CC2CCC(C1)N2C(=O)OCc1ccccc1. The van der Waals surface area contributed by atoms with Gasteiger partial charge in [-0.3, -0.25) is 4.79 Å². The molecule has 2 aromatic carbocycles. The van der Waals surface area contributed by atoms with Crippen LogP contribution in [0.2, 0.25) is 0 Å². The number of ketones is 1. The highest BCUT2D eigenvalue weighted by Crippen LogP contribution is 2.40. The Hall–Kier alpha value is -3.41. The normalized spacial score (nSPS) is 22.3. The number of piperidine rings is 1. The van der Waals surface area contributed by atoms with Crippen molar-refractivity contribution in [2.45, 2.75) is 44.4 Å². The summed E-state index contributed by atoms with van der Waals surface area (Å²) in [5.41, 5.74) is 2.57. The minimum absolute atomic E-state index is 0.0631. The summed E-state index contributed by atoms with van der Waals surface area (Å²) in [7, 11) is 0. The molecule has 2 unspecified atom stereocenters. The first-order chi connectivity index (χ1) is 15.2. The topological polar surface area (TPSA) is 72.6 Å². The van der Waals surface area contributed by atoms with Crippen LogP contribution < -0.4 is 0 Å². The van der Waals surface area contributed by atoms with Crippen molar-refractivity contribution >= 4 is 11.9 Å². The van der Waals surface area contributed by atoms with Crippen molar-refractivity contribution in [1.29, 1.82) is 0 Å². The highest BCUT2D eigenvalue weighted by molar-refractivity contribution is 5.98. The smallest absolute Gasteiger partial charge is 0.410 e. The molecule has 1 aromatic heterocycles. The molecule has 31 heavy (non-hydrogen) atoms. The number of rotatable bonds is 5. The molecule has 2 saturated heterocycles. The number of benzene rings is 2. The minimum Gasteiger partial charge on any atom is -0.445 e. The first-order valence-electron chi connectivity index (χ1n) is 10.7. The van der Waals surface area contributed by atoms with E-state index >= 15 is 0 Å². The monoisotopic (exact) mass is 416 g/mol. The summed E-state index contributed by atoms with van der Waals surface area (Å²) in [5, 5.41) is 3.72. The molecule has 0 saturated carbocycles. The molecule has 6 heteroatoms. The molecule has 3 heterocycles. The van der Waals surface area contributed by atoms with Crippen LogP contribution in [0.3, 0.4) is 0 Å². The maximum absolute atomic E-state index is 13.1. The zero-order valence-electron chi connectivity index (χ0n) is 17.1. The fourth-order valence-corrected chi connectivity index (χ4v) is 4.88. The lowest BCUT2D eigenvalue weighted by Gasteiger charge is -2.37. The second kappa shape index (κ2) is 8.38. The molecule has 3 aromatic rings. The van der Waals surface area contributed by atoms with E-state index in [0.717, 1.165) is 24.0 Å². The van der Waals surface area contributed by atoms with E-state index < -0.39 is 0 Å². The Morgan fingerprint density at radius 2 is 1.68 bits per heavy atom. The van der Waals surface area contributed by atoms with E-state index in [4.69, 9.17) is 9.26 Å². The van der Waals surface area contributed by atoms with Crippen LogP contribution in [0, 0.1) is 5.92 Å². The molecule has 6 nitrogen and oxygen atoms in total. The second-order valence-electron chi connectivity index (χ2n) is 8.32. The van der Waals surface area contributed by atoms with Gasteiger partial charge in [0.15, 0.2) is 11.5 Å². The number of Topliss-reactive ketones (excluding diaryl/α,β-unsaturated/α-hetero) is 1. The lowest BCUT2D eigenvalue weighted by molar-refractivity contribution is 0.0485. The maximum atomic E-state index is 13.1. The van der Waals surface area contributed by atoms with Gasteiger partial charge in [-0.2, -0.15) is 0 Å². The number of ether oxygens (including phenoxy) is 1. The molecule has 2 aliphatic heterocycles. The summed E-state index contributed by atoms with van der Waals surface area (Å²) in [5.74, 6) is 0.768. The average molecular weight is 416 g/mol. The van der Waals surface area contributed by atoms with Gasteiger partial charge in [-0.25, -0.2) is 4.79 Å². The van der Waals surface area contributed by atoms with Crippen molar-refractivity contribution in [3.8, 4) is 11.3 Å². The minimum atomic E-state index is -0.265. The van der Waals surface area contributed by atoms with Crippen molar-refractivity contribution in [3.05, 3.63) is 78.0 Å². The van der Waals surface area contributed by atoms with Crippen LogP contribution in [-0.2, 0) is 11.3 Å². The zero-order valence-corrected chi connectivity index (χ0v) is 17.1. The Kier molecular flexibility index (Phi) is 5.28. The third-order valence-corrected chi connectivity index (χ3v) is 6.41. The van der Waals surface area contributed by atoms with Crippen LogP contribution in [-0.4, -0.2) is 34.0 Å². The highest BCUT2D eigenvalue weighted by Gasteiger charge is 2.45. The van der Waals surface area contributed by atoms with Gasteiger partial charge in [-0.05, 0) is 31.2 Å². The summed E-state index contributed by atoms with van der Waals surface area (Å²) < 4.78 is 10.7. The number of aromatic nitrogens is 1. The first kappa shape index (κ1) is 19.5. The van der Waals surface area contributed by atoms with Crippen LogP contribution >= 0.6 is 0 Å². The molecule has 0 radical (unpaired) electrons.